The van der Waals surface area contributed by atoms with Crippen molar-refractivity contribution in [3.63, 3.8) is 0 Å². The van der Waals surface area contributed by atoms with E-state index in [0.29, 0.717) is 12.1 Å². The molecule has 140 valence electrons. The van der Waals surface area contributed by atoms with Crippen molar-refractivity contribution < 1.29 is 4.79 Å². The number of carbonyl (C=O) groups is 1. The summed E-state index contributed by atoms with van der Waals surface area (Å²) in [5.74, 6) is 0.0447. The van der Waals surface area contributed by atoms with E-state index in [2.05, 4.69) is 47.2 Å². The summed E-state index contributed by atoms with van der Waals surface area (Å²) < 4.78 is 2.04. The van der Waals surface area contributed by atoms with Crippen LogP contribution in [0.1, 0.15) is 28.0 Å². The van der Waals surface area contributed by atoms with Crippen LogP contribution in [0.25, 0.3) is 22.3 Å². The number of amides is 1. The minimum atomic E-state index is 0.0447. The maximum atomic E-state index is 13.1. The van der Waals surface area contributed by atoms with Crippen molar-refractivity contribution in [2.45, 2.75) is 26.4 Å². The lowest BCUT2D eigenvalue weighted by atomic mass is 10.1. The van der Waals surface area contributed by atoms with E-state index in [0.717, 1.165) is 47.5 Å². The number of H-pyrrole nitrogens is 1. The van der Waals surface area contributed by atoms with Crippen molar-refractivity contribution in [1.29, 1.82) is 0 Å². The Morgan fingerprint density at radius 2 is 2.04 bits per heavy atom. The van der Waals surface area contributed by atoms with Crippen LogP contribution in [-0.2, 0) is 13.1 Å². The topological polar surface area (TPSA) is 66.8 Å². The third kappa shape index (κ3) is 2.97. The van der Waals surface area contributed by atoms with Gasteiger partial charge in [-0.25, -0.2) is 4.98 Å². The van der Waals surface area contributed by atoms with Crippen LogP contribution in [0.3, 0.4) is 0 Å². The molecule has 3 heterocycles. The zero-order valence-electron chi connectivity index (χ0n) is 15.7. The lowest BCUT2D eigenvalue weighted by Crippen LogP contribution is -2.30. The van der Waals surface area contributed by atoms with Crippen molar-refractivity contribution in [1.82, 2.24) is 24.6 Å². The molecule has 0 spiro atoms. The van der Waals surface area contributed by atoms with Crippen LogP contribution in [0.15, 0.2) is 54.9 Å². The summed E-state index contributed by atoms with van der Waals surface area (Å²) in [7, 11) is 0. The van der Waals surface area contributed by atoms with Gasteiger partial charge < -0.3 is 9.88 Å². The molecule has 2 aromatic heterocycles. The summed E-state index contributed by atoms with van der Waals surface area (Å²) in [5, 5.41) is 4.79. The predicted molar refractivity (Wildman–Crippen MR) is 108 cm³/mol. The molecule has 6 nitrogen and oxygen atoms in total. The number of nitrogens with zero attached hydrogens (tertiary/aromatic N) is 4. The van der Waals surface area contributed by atoms with Gasteiger partial charge in [-0.1, -0.05) is 23.8 Å². The first-order valence-corrected chi connectivity index (χ1v) is 9.53. The molecule has 0 saturated carbocycles. The highest BCUT2D eigenvalue weighted by atomic mass is 16.2. The average Bonchev–Trinajstić information content (AvgIpc) is 3.28. The van der Waals surface area contributed by atoms with Gasteiger partial charge in [-0.05, 0) is 43.7 Å². The van der Waals surface area contributed by atoms with Crippen molar-refractivity contribution in [2.75, 3.05) is 6.54 Å². The summed E-state index contributed by atoms with van der Waals surface area (Å²) in [6, 6.07) is 16.1. The van der Waals surface area contributed by atoms with Gasteiger partial charge in [0.05, 0.1) is 35.3 Å². The largest absolute Gasteiger partial charge is 0.345 e. The van der Waals surface area contributed by atoms with Crippen molar-refractivity contribution in [3.8, 4) is 11.3 Å². The molecular formula is C22H21N5O. The van der Waals surface area contributed by atoms with Crippen LogP contribution < -0.4 is 0 Å². The third-order valence-electron chi connectivity index (χ3n) is 5.28. The van der Waals surface area contributed by atoms with Gasteiger partial charge in [-0.3, -0.25) is 9.48 Å². The van der Waals surface area contributed by atoms with Crippen molar-refractivity contribution in [2.24, 2.45) is 0 Å². The Labute approximate surface area is 162 Å². The van der Waals surface area contributed by atoms with Gasteiger partial charge in [-0.15, -0.1) is 0 Å². The Hall–Kier alpha value is -3.41. The highest BCUT2D eigenvalue weighted by Gasteiger charge is 2.22. The van der Waals surface area contributed by atoms with Crippen LogP contribution >= 0.6 is 0 Å². The second-order valence-electron chi connectivity index (χ2n) is 7.33. The molecule has 0 unspecified atom stereocenters. The molecule has 1 amide bonds. The Morgan fingerprint density at radius 1 is 1.11 bits per heavy atom. The van der Waals surface area contributed by atoms with E-state index in [4.69, 9.17) is 5.10 Å². The van der Waals surface area contributed by atoms with Gasteiger partial charge in [0.25, 0.3) is 5.91 Å². The van der Waals surface area contributed by atoms with E-state index in [9.17, 15) is 4.79 Å². The highest BCUT2D eigenvalue weighted by molar-refractivity contribution is 5.97. The minimum absolute atomic E-state index is 0.0447. The average molecular weight is 371 g/mol. The third-order valence-corrected chi connectivity index (χ3v) is 5.28. The van der Waals surface area contributed by atoms with Crippen molar-refractivity contribution >= 4 is 16.9 Å². The van der Waals surface area contributed by atoms with E-state index in [1.165, 1.54) is 5.56 Å². The molecule has 0 radical (unpaired) electrons. The van der Waals surface area contributed by atoms with Gasteiger partial charge in [0.1, 0.15) is 0 Å². The summed E-state index contributed by atoms with van der Waals surface area (Å²) in [6.07, 6.45) is 2.54. The first-order chi connectivity index (χ1) is 13.7. The summed E-state index contributed by atoms with van der Waals surface area (Å²) >= 11 is 0. The SMILES string of the molecule is Cc1cccc(-c2cc3n(n2)CCCN(C(=O)c2ccc4nc[nH]c4c2)C3)c1. The number of aromatic nitrogens is 4. The summed E-state index contributed by atoms with van der Waals surface area (Å²) in [5.41, 5.74) is 6.80. The fourth-order valence-corrected chi connectivity index (χ4v) is 3.83. The summed E-state index contributed by atoms with van der Waals surface area (Å²) in [6.45, 7) is 4.20. The number of fused-ring (bicyclic) bond motifs is 2. The first kappa shape index (κ1) is 16.7. The molecule has 1 aliphatic heterocycles. The zero-order valence-corrected chi connectivity index (χ0v) is 15.7. The minimum Gasteiger partial charge on any atom is -0.345 e. The second-order valence-corrected chi connectivity index (χ2v) is 7.33. The Balaban J connectivity index is 1.43. The molecule has 2 aromatic carbocycles. The quantitative estimate of drug-likeness (QED) is 0.583. The molecule has 0 saturated heterocycles. The number of aryl methyl sites for hydroxylation is 2. The van der Waals surface area contributed by atoms with E-state index in [1.807, 2.05) is 27.8 Å². The highest BCUT2D eigenvalue weighted by Crippen LogP contribution is 2.24. The fourth-order valence-electron chi connectivity index (χ4n) is 3.83. The Morgan fingerprint density at radius 3 is 2.93 bits per heavy atom. The molecule has 0 fully saturated rings. The fraction of sp³-hybridized carbons (Fsp3) is 0.227. The number of imidazole rings is 1. The Kier molecular flexibility index (Phi) is 3.97. The van der Waals surface area contributed by atoms with Gasteiger partial charge in [-0.2, -0.15) is 5.10 Å². The number of aromatic amines is 1. The molecule has 1 aliphatic rings. The van der Waals surface area contributed by atoms with Gasteiger partial charge in [0.15, 0.2) is 0 Å². The van der Waals surface area contributed by atoms with E-state index in [1.54, 1.807) is 6.33 Å². The molecule has 1 N–H and O–H groups in total. The molecule has 0 atom stereocenters. The van der Waals surface area contributed by atoms with Crippen LogP contribution in [0.5, 0.6) is 0 Å². The molecule has 6 heteroatoms. The number of hydrogen-bond acceptors (Lipinski definition) is 3. The van der Waals surface area contributed by atoms with Gasteiger partial charge in [0, 0.05) is 24.2 Å². The van der Waals surface area contributed by atoms with E-state index >= 15 is 0 Å². The lowest BCUT2D eigenvalue weighted by Gasteiger charge is -2.20. The normalized spacial score (nSPS) is 14.1. The second kappa shape index (κ2) is 6.64. The summed E-state index contributed by atoms with van der Waals surface area (Å²) in [4.78, 5) is 22.3. The molecule has 5 rings (SSSR count). The van der Waals surface area contributed by atoms with Gasteiger partial charge in [0.2, 0.25) is 0 Å². The molecule has 0 bridgehead atoms. The van der Waals surface area contributed by atoms with E-state index in [-0.39, 0.29) is 5.91 Å². The van der Waals surface area contributed by atoms with Gasteiger partial charge >= 0.3 is 0 Å². The molecular weight excluding hydrogens is 350 g/mol. The number of nitrogens with one attached hydrogen (secondary N) is 1. The Bertz CT molecular complexity index is 1170. The van der Waals surface area contributed by atoms with Crippen LogP contribution in [0.4, 0.5) is 0 Å². The molecule has 0 aliphatic carbocycles. The van der Waals surface area contributed by atoms with Crippen LogP contribution in [0.2, 0.25) is 0 Å². The van der Waals surface area contributed by atoms with Crippen LogP contribution in [-0.4, -0.2) is 37.1 Å². The number of rotatable bonds is 2. The lowest BCUT2D eigenvalue weighted by molar-refractivity contribution is 0.0746. The molecule has 28 heavy (non-hydrogen) atoms. The first-order valence-electron chi connectivity index (χ1n) is 9.53. The van der Waals surface area contributed by atoms with E-state index < -0.39 is 0 Å². The monoisotopic (exact) mass is 371 g/mol. The standard InChI is InChI=1S/C22H21N5O/c1-15-4-2-5-16(10-15)20-12-18-13-26(8-3-9-27(18)25-20)22(28)17-6-7-19-21(11-17)24-14-23-19/h2,4-7,10-12,14H,3,8-9,13H2,1H3,(H,23,24). The predicted octanol–water partition coefficient (Wildman–Crippen LogP) is 3.78. The maximum absolute atomic E-state index is 13.1. The number of hydrogen-bond donors (Lipinski definition) is 1. The van der Waals surface area contributed by atoms with Crippen molar-refractivity contribution in [3.05, 3.63) is 71.7 Å². The smallest absolute Gasteiger partial charge is 0.254 e. The number of benzene rings is 2. The maximum Gasteiger partial charge on any atom is 0.254 e. The van der Waals surface area contributed by atoms with Crippen LogP contribution in [0, 0.1) is 6.92 Å². The number of carbonyl (C=O) groups excluding carboxylic acids is 1. The zero-order chi connectivity index (χ0) is 19.1. The molecule has 4 aromatic rings.